The van der Waals surface area contributed by atoms with Crippen molar-refractivity contribution in [3.63, 3.8) is 0 Å². The van der Waals surface area contributed by atoms with E-state index in [0.29, 0.717) is 10.0 Å². The average Bonchev–Trinajstić information content (AvgIpc) is 2.47. The minimum Gasteiger partial charge on any atom is -0.490 e. The maximum absolute atomic E-state index is 9.66. The van der Waals surface area contributed by atoms with Gasteiger partial charge in [-0.2, -0.15) is 10.2 Å². The molecule has 8 nitrogen and oxygen atoms in total. The lowest BCUT2D eigenvalue weighted by molar-refractivity contribution is 0.242. The third-order valence-electron chi connectivity index (χ3n) is 3.04. The molecule has 0 aliphatic rings. The highest BCUT2D eigenvalue weighted by Gasteiger charge is 2.24. The van der Waals surface area contributed by atoms with Crippen LogP contribution in [-0.4, -0.2) is 33.2 Å². The Morgan fingerprint density at radius 1 is 1.29 bits per heavy atom. The first-order valence-corrected chi connectivity index (χ1v) is 7.73. The van der Waals surface area contributed by atoms with E-state index in [1.807, 2.05) is 19.9 Å². The highest BCUT2D eigenvalue weighted by Crippen LogP contribution is 2.32. The molecular formula is C14H15BBrN5O3. The van der Waals surface area contributed by atoms with Gasteiger partial charge in [-0.25, -0.2) is 4.98 Å². The van der Waals surface area contributed by atoms with E-state index in [2.05, 4.69) is 25.9 Å². The Balaban J connectivity index is 2.72. The highest BCUT2D eigenvalue weighted by atomic mass is 79.9. The van der Waals surface area contributed by atoms with Crippen molar-refractivity contribution in [1.82, 2.24) is 9.97 Å². The molecule has 124 valence electrons. The first-order chi connectivity index (χ1) is 11.2. The lowest BCUT2D eigenvalue weighted by Crippen LogP contribution is -2.33. The molecule has 0 atom stereocenters. The first-order valence-electron chi connectivity index (χ1n) is 6.94. The summed E-state index contributed by atoms with van der Waals surface area (Å²) >= 11 is 3.34. The van der Waals surface area contributed by atoms with E-state index in [9.17, 15) is 15.3 Å². The van der Waals surface area contributed by atoms with Crippen LogP contribution >= 0.6 is 15.9 Å². The highest BCUT2D eigenvalue weighted by molar-refractivity contribution is 9.10. The van der Waals surface area contributed by atoms with E-state index < -0.39 is 7.12 Å². The summed E-state index contributed by atoms with van der Waals surface area (Å²) in [6.07, 6.45) is -0.176. The largest absolute Gasteiger partial charge is 0.492 e. The number of nitrogens with two attached hydrogens (primary N) is 2. The van der Waals surface area contributed by atoms with Gasteiger partial charge >= 0.3 is 7.12 Å². The van der Waals surface area contributed by atoms with Gasteiger partial charge in [-0.15, -0.1) is 0 Å². The fraction of sp³-hybridized carbons (Fsp3) is 0.214. The Kier molecular flexibility index (Phi) is 5.28. The van der Waals surface area contributed by atoms with Gasteiger partial charge in [0.25, 0.3) is 0 Å². The van der Waals surface area contributed by atoms with Crippen LogP contribution in [0.4, 0.5) is 11.8 Å². The first kappa shape index (κ1) is 18.0. The second kappa shape index (κ2) is 7.04. The van der Waals surface area contributed by atoms with E-state index in [1.165, 1.54) is 6.07 Å². The molecule has 0 fully saturated rings. The Bertz CT molecular complexity index is 823. The Morgan fingerprint density at radius 2 is 1.96 bits per heavy atom. The number of anilines is 2. The topological polar surface area (TPSA) is 151 Å². The second-order valence-corrected chi connectivity index (χ2v) is 6.07. The molecule has 0 aliphatic carbocycles. The molecule has 0 radical (unpaired) electrons. The van der Waals surface area contributed by atoms with Crippen molar-refractivity contribution < 1.29 is 14.8 Å². The zero-order chi connectivity index (χ0) is 18.0. The smallest absolute Gasteiger partial charge is 0.490 e. The van der Waals surface area contributed by atoms with Crippen molar-refractivity contribution in [3.8, 4) is 23.1 Å². The van der Waals surface area contributed by atoms with E-state index in [4.69, 9.17) is 16.2 Å². The zero-order valence-corrected chi connectivity index (χ0v) is 14.6. The molecule has 1 heterocycles. The maximum atomic E-state index is 9.66. The van der Waals surface area contributed by atoms with Crippen LogP contribution in [0.1, 0.15) is 19.4 Å². The van der Waals surface area contributed by atoms with Crippen LogP contribution < -0.4 is 21.7 Å². The van der Waals surface area contributed by atoms with Gasteiger partial charge in [0.1, 0.15) is 23.2 Å². The normalized spacial score (nSPS) is 10.5. The Morgan fingerprint density at radius 3 is 2.50 bits per heavy atom. The fourth-order valence-electron chi connectivity index (χ4n) is 2.12. The molecule has 24 heavy (non-hydrogen) atoms. The van der Waals surface area contributed by atoms with Crippen molar-refractivity contribution in [1.29, 1.82) is 5.26 Å². The van der Waals surface area contributed by atoms with E-state index in [1.54, 1.807) is 6.07 Å². The second-order valence-electron chi connectivity index (χ2n) is 5.22. The predicted molar refractivity (Wildman–Crippen MR) is 94.3 cm³/mol. The molecule has 0 amide bonds. The van der Waals surface area contributed by atoms with Crippen molar-refractivity contribution >= 4 is 40.3 Å². The van der Waals surface area contributed by atoms with Crippen LogP contribution in [0.5, 0.6) is 5.75 Å². The number of ether oxygens (including phenoxy) is 1. The van der Waals surface area contributed by atoms with Crippen LogP contribution in [0.3, 0.4) is 0 Å². The summed E-state index contributed by atoms with van der Waals surface area (Å²) in [5.41, 5.74) is 12.1. The minimum atomic E-state index is -1.78. The summed E-state index contributed by atoms with van der Waals surface area (Å²) in [7, 11) is -1.78. The number of rotatable bonds is 4. The van der Waals surface area contributed by atoms with Gasteiger partial charge in [0.05, 0.1) is 16.3 Å². The van der Waals surface area contributed by atoms with Crippen molar-refractivity contribution in [2.24, 2.45) is 0 Å². The average molecular weight is 392 g/mol. The summed E-state index contributed by atoms with van der Waals surface area (Å²) in [6.45, 7) is 3.63. The number of nitrogen functional groups attached to an aromatic ring is 2. The summed E-state index contributed by atoms with van der Waals surface area (Å²) in [4.78, 5) is 7.80. The lowest BCUT2D eigenvalue weighted by atomic mass is 9.78. The molecule has 0 spiro atoms. The summed E-state index contributed by atoms with van der Waals surface area (Å²) in [5.74, 6) is 0.146. The quantitative estimate of drug-likeness (QED) is 0.547. The number of nitriles is 1. The van der Waals surface area contributed by atoms with Crippen LogP contribution in [0, 0.1) is 11.3 Å². The van der Waals surface area contributed by atoms with Crippen molar-refractivity contribution in [3.05, 3.63) is 22.2 Å². The van der Waals surface area contributed by atoms with E-state index >= 15 is 0 Å². The molecule has 0 saturated carbocycles. The summed E-state index contributed by atoms with van der Waals surface area (Å²) in [5, 5.41) is 28.6. The molecular weight excluding hydrogens is 377 g/mol. The standard InChI is InChI=1S/C14H15BBrN5O3/c1-6(2)24-12-9(15(22)23)3-7(4-10(12)16)11-8(5-17)13(18)21-14(19)20-11/h3-4,6,22-23H,1-2H3,(H4,18,19,20,21). The molecule has 2 rings (SSSR count). The minimum absolute atomic E-state index is 0.0482. The zero-order valence-electron chi connectivity index (χ0n) is 13.0. The third kappa shape index (κ3) is 3.59. The van der Waals surface area contributed by atoms with E-state index in [-0.39, 0.29) is 40.3 Å². The van der Waals surface area contributed by atoms with E-state index in [0.717, 1.165) is 0 Å². The summed E-state index contributed by atoms with van der Waals surface area (Å²) in [6, 6.07) is 5.01. The van der Waals surface area contributed by atoms with Gasteiger partial charge in [0.15, 0.2) is 0 Å². The van der Waals surface area contributed by atoms with Gasteiger partial charge in [0, 0.05) is 11.0 Å². The number of hydrogen-bond donors (Lipinski definition) is 4. The Hall–Kier alpha value is -2.35. The Labute approximate surface area is 147 Å². The fourth-order valence-corrected chi connectivity index (χ4v) is 2.69. The molecule has 0 unspecified atom stereocenters. The lowest BCUT2D eigenvalue weighted by Gasteiger charge is -2.17. The number of hydrogen-bond acceptors (Lipinski definition) is 8. The summed E-state index contributed by atoms with van der Waals surface area (Å²) < 4.78 is 6.09. The number of aromatic nitrogens is 2. The van der Waals surface area contributed by atoms with Gasteiger partial charge < -0.3 is 26.3 Å². The van der Waals surface area contributed by atoms with Crippen molar-refractivity contribution in [2.75, 3.05) is 11.5 Å². The molecule has 2 aromatic rings. The van der Waals surface area contributed by atoms with Crippen LogP contribution in [0.15, 0.2) is 16.6 Å². The monoisotopic (exact) mass is 391 g/mol. The number of benzene rings is 1. The number of halogens is 1. The maximum Gasteiger partial charge on any atom is 0.492 e. The molecule has 10 heteroatoms. The van der Waals surface area contributed by atoms with Gasteiger partial charge in [-0.1, -0.05) is 0 Å². The van der Waals surface area contributed by atoms with Gasteiger partial charge in [0.2, 0.25) is 5.95 Å². The van der Waals surface area contributed by atoms with Crippen LogP contribution in [-0.2, 0) is 0 Å². The van der Waals surface area contributed by atoms with Gasteiger partial charge in [-0.3, -0.25) is 0 Å². The van der Waals surface area contributed by atoms with Crippen LogP contribution in [0.25, 0.3) is 11.3 Å². The molecule has 1 aromatic heterocycles. The number of nitrogens with zero attached hydrogens (tertiary/aromatic N) is 3. The molecule has 6 N–H and O–H groups in total. The SMILES string of the molecule is CC(C)Oc1c(Br)cc(-c2nc(N)nc(N)c2C#N)cc1B(O)O. The van der Waals surface area contributed by atoms with Crippen LogP contribution in [0.2, 0.25) is 0 Å². The molecule has 0 aliphatic heterocycles. The molecule has 0 bridgehead atoms. The third-order valence-corrected chi connectivity index (χ3v) is 3.63. The van der Waals surface area contributed by atoms with Crippen molar-refractivity contribution in [2.45, 2.75) is 20.0 Å². The molecule has 0 saturated heterocycles. The molecule has 1 aromatic carbocycles. The predicted octanol–water partition coefficient (Wildman–Crippen LogP) is 0.409. The van der Waals surface area contributed by atoms with Gasteiger partial charge in [-0.05, 0) is 41.9 Å².